The molecule has 1 aliphatic rings. The first kappa shape index (κ1) is 22.0. The second-order valence-corrected chi connectivity index (χ2v) is 7.94. The Morgan fingerprint density at radius 2 is 1.78 bits per heavy atom. The van der Waals surface area contributed by atoms with Gasteiger partial charge in [-0.15, -0.1) is 0 Å². The number of aliphatic hydroxyl groups excluding tert-OH is 1. The zero-order valence-electron chi connectivity index (χ0n) is 17.8. The Morgan fingerprint density at radius 1 is 1.03 bits per heavy atom. The van der Waals surface area contributed by atoms with Crippen LogP contribution in [0.1, 0.15) is 17.5 Å². The summed E-state index contributed by atoms with van der Waals surface area (Å²) in [6.07, 6.45) is -0.166. The number of rotatable bonds is 10. The van der Waals surface area contributed by atoms with Crippen molar-refractivity contribution in [3.63, 3.8) is 0 Å². The monoisotopic (exact) mass is 434 g/mol. The van der Waals surface area contributed by atoms with E-state index in [-0.39, 0.29) is 18.5 Å². The number of ether oxygens (including phenoxy) is 1. The van der Waals surface area contributed by atoms with E-state index in [1.165, 1.54) is 12.1 Å². The number of halogens is 1. The molecule has 0 bridgehead atoms. The molecular formula is C26H27FN2O3. The first-order chi connectivity index (χ1) is 15.7. The van der Waals surface area contributed by atoms with Crippen LogP contribution in [-0.4, -0.2) is 47.6 Å². The predicted octanol–water partition coefficient (Wildman–Crippen LogP) is 4.26. The van der Waals surface area contributed by atoms with E-state index in [0.29, 0.717) is 31.8 Å². The lowest BCUT2D eigenvalue weighted by molar-refractivity contribution is 0.0213. The number of hydrogen-bond acceptors (Lipinski definition) is 5. The summed E-state index contributed by atoms with van der Waals surface area (Å²) >= 11 is 0. The van der Waals surface area contributed by atoms with E-state index < -0.39 is 6.10 Å². The van der Waals surface area contributed by atoms with Crippen molar-refractivity contribution in [2.24, 2.45) is 5.16 Å². The topological polar surface area (TPSA) is 54.3 Å². The fraction of sp³-hybridized carbons (Fsp3) is 0.269. The first-order valence-electron chi connectivity index (χ1n) is 10.8. The maximum Gasteiger partial charge on any atom is 0.145 e. The highest BCUT2D eigenvalue weighted by atomic mass is 19.1. The Kier molecular flexibility index (Phi) is 7.48. The smallest absolute Gasteiger partial charge is 0.145 e. The van der Waals surface area contributed by atoms with Crippen LogP contribution in [0.15, 0.2) is 90.1 Å². The summed E-state index contributed by atoms with van der Waals surface area (Å²) < 4.78 is 19.4. The molecule has 1 aliphatic heterocycles. The molecule has 3 aromatic carbocycles. The molecule has 5 nitrogen and oxygen atoms in total. The summed E-state index contributed by atoms with van der Waals surface area (Å²) in [6.45, 7) is 1.57. The van der Waals surface area contributed by atoms with Gasteiger partial charge in [0, 0.05) is 26.1 Å². The van der Waals surface area contributed by atoms with Gasteiger partial charge in [-0.2, -0.15) is 0 Å². The van der Waals surface area contributed by atoms with Crippen LogP contribution in [0.2, 0.25) is 0 Å². The molecule has 2 atom stereocenters. The highest BCUT2D eigenvalue weighted by Gasteiger charge is 2.26. The van der Waals surface area contributed by atoms with E-state index in [4.69, 9.17) is 9.57 Å². The molecule has 0 radical (unpaired) electrons. The Bertz CT molecular complexity index is 1010. The number of para-hydroxylation sites is 1. The lowest BCUT2D eigenvalue weighted by Crippen LogP contribution is -2.39. The number of oxime groups is 1. The van der Waals surface area contributed by atoms with Crippen molar-refractivity contribution in [3.05, 3.63) is 102 Å². The maximum absolute atomic E-state index is 13.7. The van der Waals surface area contributed by atoms with Gasteiger partial charge in [0.1, 0.15) is 30.4 Å². The number of benzene rings is 3. The maximum atomic E-state index is 13.7. The molecule has 0 saturated heterocycles. The fourth-order valence-electron chi connectivity index (χ4n) is 3.77. The van der Waals surface area contributed by atoms with E-state index >= 15 is 0 Å². The molecule has 0 fully saturated rings. The molecule has 0 amide bonds. The molecule has 1 heterocycles. The largest absolute Gasteiger partial charge is 0.491 e. The minimum atomic E-state index is -0.709. The fourth-order valence-corrected chi connectivity index (χ4v) is 3.77. The Hall–Kier alpha value is -3.22. The van der Waals surface area contributed by atoms with Gasteiger partial charge in [-0.3, -0.25) is 4.90 Å². The van der Waals surface area contributed by atoms with Crippen molar-refractivity contribution in [1.82, 2.24) is 4.90 Å². The normalized spacial score (nSPS) is 16.5. The van der Waals surface area contributed by atoms with Crippen LogP contribution in [0.4, 0.5) is 4.39 Å². The van der Waals surface area contributed by atoms with Crippen LogP contribution in [0.25, 0.3) is 0 Å². The van der Waals surface area contributed by atoms with Crippen LogP contribution in [0, 0.1) is 5.82 Å². The minimum absolute atomic E-state index is 0.138. The summed E-state index contributed by atoms with van der Waals surface area (Å²) in [5, 5.41) is 14.9. The third kappa shape index (κ3) is 6.39. The highest BCUT2D eigenvalue weighted by molar-refractivity contribution is 6.01. The molecule has 166 valence electrons. The van der Waals surface area contributed by atoms with Crippen molar-refractivity contribution in [2.75, 3.05) is 19.7 Å². The van der Waals surface area contributed by atoms with E-state index in [2.05, 4.69) is 10.1 Å². The van der Waals surface area contributed by atoms with Crippen LogP contribution in [0.3, 0.4) is 0 Å². The SMILES string of the molecule is O[C@@H](COc1ccccc1)CN(Cc1cccc(F)c1)C[C@H]1CC(c2ccccc2)=NO1. The van der Waals surface area contributed by atoms with Crippen LogP contribution < -0.4 is 4.74 Å². The molecule has 4 rings (SSSR count). The predicted molar refractivity (Wildman–Crippen MR) is 122 cm³/mol. The van der Waals surface area contributed by atoms with Crippen LogP contribution >= 0.6 is 0 Å². The van der Waals surface area contributed by atoms with Crippen molar-refractivity contribution >= 4 is 5.71 Å². The average Bonchev–Trinajstić information content (AvgIpc) is 3.27. The summed E-state index contributed by atoms with van der Waals surface area (Å²) in [4.78, 5) is 7.74. The molecule has 0 spiro atoms. The summed E-state index contributed by atoms with van der Waals surface area (Å²) in [6, 6.07) is 25.9. The lowest BCUT2D eigenvalue weighted by atomic mass is 10.0. The van der Waals surface area contributed by atoms with Crippen LogP contribution in [0.5, 0.6) is 5.75 Å². The van der Waals surface area contributed by atoms with Crippen molar-refractivity contribution < 1.29 is 19.1 Å². The van der Waals surface area contributed by atoms with Gasteiger partial charge in [-0.25, -0.2) is 4.39 Å². The van der Waals surface area contributed by atoms with Gasteiger partial charge in [0.2, 0.25) is 0 Å². The lowest BCUT2D eigenvalue weighted by Gasteiger charge is -2.27. The van der Waals surface area contributed by atoms with E-state index in [0.717, 1.165) is 16.8 Å². The first-order valence-corrected chi connectivity index (χ1v) is 10.8. The average molecular weight is 435 g/mol. The van der Waals surface area contributed by atoms with Gasteiger partial charge in [0.05, 0.1) is 5.71 Å². The van der Waals surface area contributed by atoms with Crippen LogP contribution in [-0.2, 0) is 11.4 Å². The molecule has 3 aromatic rings. The summed E-state index contributed by atoms with van der Waals surface area (Å²) in [7, 11) is 0. The van der Waals surface area contributed by atoms with Gasteiger partial charge in [0.25, 0.3) is 0 Å². The highest BCUT2D eigenvalue weighted by Crippen LogP contribution is 2.19. The molecule has 0 saturated carbocycles. The number of hydrogen-bond donors (Lipinski definition) is 1. The second-order valence-electron chi connectivity index (χ2n) is 7.94. The Balaban J connectivity index is 1.37. The molecule has 0 aliphatic carbocycles. The molecule has 32 heavy (non-hydrogen) atoms. The van der Waals surface area contributed by atoms with Gasteiger partial charge in [0.15, 0.2) is 0 Å². The van der Waals surface area contributed by atoms with Gasteiger partial charge in [-0.05, 0) is 35.4 Å². The standard InChI is InChI=1S/C26H27FN2O3/c27-22-11-7-8-20(14-22)16-29(17-23(30)19-31-24-12-5-2-6-13-24)18-25-15-26(28-32-25)21-9-3-1-4-10-21/h1-14,23,25,30H,15-19H2/t23-,25-/m1/s1. The van der Waals surface area contributed by atoms with E-state index in [9.17, 15) is 9.50 Å². The Morgan fingerprint density at radius 3 is 2.53 bits per heavy atom. The van der Waals surface area contributed by atoms with Gasteiger partial charge in [-0.1, -0.05) is 65.8 Å². The Labute approximate surface area is 187 Å². The molecular weight excluding hydrogens is 407 g/mol. The molecule has 1 N–H and O–H groups in total. The van der Waals surface area contributed by atoms with E-state index in [1.54, 1.807) is 6.07 Å². The van der Waals surface area contributed by atoms with Crippen molar-refractivity contribution in [1.29, 1.82) is 0 Å². The third-order valence-corrected chi connectivity index (χ3v) is 5.25. The minimum Gasteiger partial charge on any atom is -0.491 e. The van der Waals surface area contributed by atoms with Gasteiger partial charge >= 0.3 is 0 Å². The van der Waals surface area contributed by atoms with E-state index in [1.807, 2.05) is 66.7 Å². The zero-order valence-corrected chi connectivity index (χ0v) is 17.8. The summed E-state index contributed by atoms with van der Waals surface area (Å²) in [5.74, 6) is 0.436. The van der Waals surface area contributed by atoms with Gasteiger partial charge < -0.3 is 14.7 Å². The third-order valence-electron chi connectivity index (χ3n) is 5.25. The molecule has 0 unspecified atom stereocenters. The number of aliphatic hydroxyl groups is 1. The zero-order chi connectivity index (χ0) is 22.2. The number of nitrogens with zero attached hydrogens (tertiary/aromatic N) is 2. The molecule has 6 heteroatoms. The summed E-state index contributed by atoms with van der Waals surface area (Å²) in [5.41, 5.74) is 2.79. The molecule has 0 aromatic heterocycles. The second kappa shape index (κ2) is 10.9. The quantitative estimate of drug-likeness (QED) is 0.518. The van der Waals surface area contributed by atoms with Crippen molar-refractivity contribution in [2.45, 2.75) is 25.2 Å². The van der Waals surface area contributed by atoms with Crippen molar-refractivity contribution in [3.8, 4) is 5.75 Å².